The molecule has 0 aliphatic heterocycles. The Morgan fingerprint density at radius 1 is 1.17 bits per heavy atom. The van der Waals surface area contributed by atoms with Gasteiger partial charge in [0, 0.05) is 12.3 Å². The lowest BCUT2D eigenvalue weighted by Gasteiger charge is -2.05. The van der Waals surface area contributed by atoms with Gasteiger partial charge in [0.05, 0.1) is 13.0 Å². The van der Waals surface area contributed by atoms with Crippen LogP contribution < -0.4 is 5.73 Å². The number of aliphatic carboxylic acids is 2. The Hall–Kier alpha value is -1.47. The van der Waals surface area contributed by atoms with Crippen LogP contribution in [0.5, 0.6) is 0 Å². The summed E-state index contributed by atoms with van der Waals surface area (Å²) in [6.07, 6.45) is 1.87. The molecule has 0 spiro atoms. The lowest BCUT2D eigenvalue weighted by Crippen LogP contribution is -2.29. The highest BCUT2D eigenvalue weighted by Gasteiger charge is 2.09. The van der Waals surface area contributed by atoms with Crippen LogP contribution in [0.3, 0.4) is 0 Å². The van der Waals surface area contributed by atoms with Gasteiger partial charge in [0.2, 0.25) is 0 Å². The number of carboxylic acids is 2. The van der Waals surface area contributed by atoms with Crippen molar-refractivity contribution in [2.45, 2.75) is 38.1 Å². The fraction of sp³-hybridized carbons (Fsp3) is 0.727. The molecule has 0 aromatic rings. The first-order chi connectivity index (χ1) is 8.47. The number of carboxylic acid groups (broad SMARTS) is 2. The zero-order valence-electron chi connectivity index (χ0n) is 10.2. The van der Waals surface area contributed by atoms with E-state index >= 15 is 0 Å². The van der Waals surface area contributed by atoms with Crippen molar-refractivity contribution in [2.24, 2.45) is 10.7 Å². The first-order valence-electron chi connectivity index (χ1n) is 5.80. The molecule has 0 unspecified atom stereocenters. The van der Waals surface area contributed by atoms with Gasteiger partial charge in [-0.15, -0.1) is 0 Å². The molecule has 0 bridgehead atoms. The summed E-state index contributed by atoms with van der Waals surface area (Å²) in [5.41, 5.74) is 5.78. The Kier molecular flexibility index (Phi) is 8.77. The molecule has 0 radical (unpaired) electrons. The normalized spacial score (nSPS) is 13.3. The number of aliphatic hydroxyl groups excluding tert-OH is 1. The molecule has 0 aromatic carbocycles. The minimum absolute atomic E-state index is 0.0523. The summed E-state index contributed by atoms with van der Waals surface area (Å²) >= 11 is 0. The maximum absolute atomic E-state index is 10.4. The third-order valence-electron chi connectivity index (χ3n) is 2.39. The van der Waals surface area contributed by atoms with Gasteiger partial charge in [-0.1, -0.05) is 0 Å². The molecule has 1 atom stereocenters. The van der Waals surface area contributed by atoms with E-state index in [2.05, 4.69) is 4.99 Å². The number of unbranched alkanes of at least 4 members (excludes halogenated alkanes) is 1. The van der Waals surface area contributed by atoms with Gasteiger partial charge >= 0.3 is 11.9 Å². The van der Waals surface area contributed by atoms with Crippen LogP contribution in [0.2, 0.25) is 0 Å². The Labute approximate surface area is 105 Å². The molecular formula is C11H20N2O5. The fourth-order valence-electron chi connectivity index (χ4n) is 1.30. The molecular weight excluding hydrogens is 240 g/mol. The lowest BCUT2D eigenvalue weighted by atomic mass is 10.1. The Balaban J connectivity index is 3.77. The number of hydrogen-bond donors (Lipinski definition) is 4. The van der Waals surface area contributed by atoms with Gasteiger partial charge in [0.1, 0.15) is 6.04 Å². The molecule has 0 saturated heterocycles. The van der Waals surface area contributed by atoms with E-state index in [0.717, 1.165) is 0 Å². The molecule has 5 N–H and O–H groups in total. The second-order valence-electron chi connectivity index (χ2n) is 3.94. The maximum atomic E-state index is 10.4. The molecule has 7 nitrogen and oxygen atoms in total. The second-order valence-corrected chi connectivity index (χ2v) is 3.94. The van der Waals surface area contributed by atoms with Crippen LogP contribution in [0.1, 0.15) is 32.1 Å². The number of nitrogens with zero attached hydrogens (tertiary/aromatic N) is 1. The zero-order valence-corrected chi connectivity index (χ0v) is 10.2. The van der Waals surface area contributed by atoms with Crippen LogP contribution in [0.4, 0.5) is 0 Å². The van der Waals surface area contributed by atoms with Gasteiger partial charge in [0.25, 0.3) is 0 Å². The predicted molar refractivity (Wildman–Crippen MR) is 65.7 cm³/mol. The molecule has 104 valence electrons. The largest absolute Gasteiger partial charge is 0.481 e. The van der Waals surface area contributed by atoms with Crippen LogP contribution in [0.25, 0.3) is 0 Å². The van der Waals surface area contributed by atoms with Crippen molar-refractivity contribution < 1.29 is 24.9 Å². The summed E-state index contributed by atoms with van der Waals surface area (Å²) in [6.45, 7) is 0.198. The Morgan fingerprint density at radius 2 is 1.83 bits per heavy atom. The van der Waals surface area contributed by atoms with E-state index in [0.29, 0.717) is 31.5 Å². The van der Waals surface area contributed by atoms with E-state index in [4.69, 9.17) is 21.1 Å². The molecule has 0 aromatic heterocycles. The van der Waals surface area contributed by atoms with Crippen molar-refractivity contribution in [1.29, 1.82) is 0 Å². The van der Waals surface area contributed by atoms with Crippen LogP contribution in [0, 0.1) is 0 Å². The lowest BCUT2D eigenvalue weighted by molar-refractivity contribution is -0.139. The fourth-order valence-corrected chi connectivity index (χ4v) is 1.30. The minimum atomic E-state index is -1.02. The van der Waals surface area contributed by atoms with Crippen molar-refractivity contribution in [2.75, 3.05) is 13.2 Å². The van der Waals surface area contributed by atoms with Crippen LogP contribution in [-0.2, 0) is 9.59 Å². The number of aliphatic imine (C=N–C) groups is 1. The highest BCUT2D eigenvalue weighted by molar-refractivity contribution is 5.88. The highest BCUT2D eigenvalue weighted by atomic mass is 16.4. The van der Waals surface area contributed by atoms with E-state index in [1.807, 2.05) is 0 Å². The van der Waals surface area contributed by atoms with Gasteiger partial charge < -0.3 is 21.1 Å². The first kappa shape index (κ1) is 16.5. The standard InChI is InChI=1S/C11H20N2O5/c12-9(11(17)18)3-1-2-6-13-8(7-14)4-5-10(15)16/h9,14H,1-7,12H2,(H,15,16)(H,17,18)/t9-/m0/s1. The van der Waals surface area contributed by atoms with Crippen LogP contribution >= 0.6 is 0 Å². The van der Waals surface area contributed by atoms with Crippen molar-refractivity contribution in [1.82, 2.24) is 0 Å². The van der Waals surface area contributed by atoms with Crippen LogP contribution in [-0.4, -0.2) is 52.2 Å². The van der Waals surface area contributed by atoms with Gasteiger partial charge in [-0.3, -0.25) is 14.6 Å². The van der Waals surface area contributed by atoms with E-state index in [1.54, 1.807) is 0 Å². The molecule has 7 heteroatoms. The van der Waals surface area contributed by atoms with E-state index in [-0.39, 0.29) is 19.4 Å². The number of hydrogen-bond acceptors (Lipinski definition) is 5. The summed E-state index contributed by atoms with van der Waals surface area (Å²) in [4.78, 5) is 24.8. The summed E-state index contributed by atoms with van der Waals surface area (Å²) < 4.78 is 0. The number of aliphatic hydroxyl groups is 1. The van der Waals surface area contributed by atoms with Crippen molar-refractivity contribution in [3.05, 3.63) is 0 Å². The van der Waals surface area contributed by atoms with Crippen LogP contribution in [0.15, 0.2) is 4.99 Å². The summed E-state index contributed by atoms with van der Waals surface area (Å²) in [7, 11) is 0. The first-order valence-corrected chi connectivity index (χ1v) is 5.80. The monoisotopic (exact) mass is 260 g/mol. The average molecular weight is 260 g/mol. The molecule has 0 aliphatic carbocycles. The number of carbonyl (C=O) groups is 2. The predicted octanol–water partition coefficient (Wildman–Crippen LogP) is -0.133. The third-order valence-corrected chi connectivity index (χ3v) is 2.39. The van der Waals surface area contributed by atoms with Crippen molar-refractivity contribution >= 4 is 17.7 Å². The Morgan fingerprint density at radius 3 is 2.33 bits per heavy atom. The molecule has 0 fully saturated rings. The molecule has 0 saturated carbocycles. The summed E-state index contributed by atoms with van der Waals surface area (Å²) in [5.74, 6) is -1.94. The molecule has 18 heavy (non-hydrogen) atoms. The smallest absolute Gasteiger partial charge is 0.320 e. The van der Waals surface area contributed by atoms with Crippen molar-refractivity contribution in [3.63, 3.8) is 0 Å². The van der Waals surface area contributed by atoms with Gasteiger partial charge in [-0.05, 0) is 25.7 Å². The maximum Gasteiger partial charge on any atom is 0.320 e. The molecule has 0 heterocycles. The average Bonchev–Trinajstić information content (AvgIpc) is 2.31. The van der Waals surface area contributed by atoms with Crippen molar-refractivity contribution in [3.8, 4) is 0 Å². The summed E-state index contributed by atoms with van der Waals surface area (Å²) in [5, 5.41) is 26.0. The zero-order chi connectivity index (χ0) is 14.0. The molecule has 0 amide bonds. The SMILES string of the molecule is N[C@@H](CCCCN=C(CO)CCC(=O)O)C(=O)O. The molecule has 0 rings (SSSR count). The minimum Gasteiger partial charge on any atom is -0.481 e. The summed E-state index contributed by atoms with van der Waals surface area (Å²) in [6, 6.07) is -0.849. The molecule has 0 aliphatic rings. The van der Waals surface area contributed by atoms with Gasteiger partial charge in [-0.2, -0.15) is 0 Å². The third kappa shape index (κ3) is 8.66. The Bertz CT molecular complexity index is 304. The topological polar surface area (TPSA) is 133 Å². The van der Waals surface area contributed by atoms with Gasteiger partial charge in [0.15, 0.2) is 0 Å². The van der Waals surface area contributed by atoms with E-state index in [9.17, 15) is 9.59 Å². The van der Waals surface area contributed by atoms with E-state index < -0.39 is 18.0 Å². The van der Waals surface area contributed by atoms with Gasteiger partial charge in [-0.25, -0.2) is 0 Å². The number of nitrogens with two attached hydrogens (primary N) is 1. The quantitative estimate of drug-likeness (QED) is 0.319. The number of rotatable bonds is 10. The highest BCUT2D eigenvalue weighted by Crippen LogP contribution is 2.01. The van der Waals surface area contributed by atoms with E-state index in [1.165, 1.54) is 0 Å². The second kappa shape index (κ2) is 9.55.